The number of rotatable bonds is 7. The summed E-state index contributed by atoms with van der Waals surface area (Å²) in [5.41, 5.74) is 0.155. The van der Waals surface area contributed by atoms with Gasteiger partial charge < -0.3 is 9.47 Å². The monoisotopic (exact) mass is 394 g/mol. The van der Waals surface area contributed by atoms with Crippen molar-refractivity contribution in [1.82, 2.24) is 9.55 Å². The van der Waals surface area contributed by atoms with Gasteiger partial charge >= 0.3 is 11.9 Å². The molecule has 0 fully saturated rings. The summed E-state index contributed by atoms with van der Waals surface area (Å²) in [6, 6.07) is -0.807. The minimum absolute atomic E-state index is 0.206. The molecule has 2 aromatic heterocycles. The number of carbonyl (C=O) groups excluding carboxylic acids is 2. The van der Waals surface area contributed by atoms with Crippen LogP contribution in [0.15, 0.2) is 11.1 Å². The summed E-state index contributed by atoms with van der Waals surface area (Å²) >= 11 is 1.13. The Kier molecular flexibility index (Phi) is 6.75. The molecule has 0 saturated carbocycles. The first-order valence-corrected chi connectivity index (χ1v) is 9.94. The average molecular weight is 394 g/mol. The third-order valence-corrected chi connectivity index (χ3v) is 5.77. The van der Waals surface area contributed by atoms with E-state index in [9.17, 15) is 14.4 Å². The topological polar surface area (TPSA) is 87.5 Å². The Hall–Kier alpha value is -2.22. The summed E-state index contributed by atoms with van der Waals surface area (Å²) in [5.74, 6) is -0.947. The molecule has 0 aliphatic heterocycles. The number of carbonyl (C=O) groups is 2. The van der Waals surface area contributed by atoms with Crippen LogP contribution in [-0.2, 0) is 14.3 Å². The maximum atomic E-state index is 12.9. The molecule has 0 saturated heterocycles. The second kappa shape index (κ2) is 8.65. The van der Waals surface area contributed by atoms with Crippen LogP contribution in [0.2, 0.25) is 0 Å². The predicted molar refractivity (Wildman–Crippen MR) is 104 cm³/mol. The molecule has 3 atom stereocenters. The summed E-state index contributed by atoms with van der Waals surface area (Å²) in [6.45, 7) is 10.7. The molecule has 2 aromatic rings. The van der Waals surface area contributed by atoms with Gasteiger partial charge in [0.05, 0.1) is 23.9 Å². The highest BCUT2D eigenvalue weighted by Gasteiger charge is 2.25. The zero-order chi connectivity index (χ0) is 20.3. The van der Waals surface area contributed by atoms with E-state index in [1.807, 2.05) is 20.8 Å². The van der Waals surface area contributed by atoms with Crippen LogP contribution < -0.4 is 5.56 Å². The Balaban J connectivity index is 2.42. The number of aryl methyl sites for hydroxylation is 1. The van der Waals surface area contributed by atoms with Crippen molar-refractivity contribution < 1.29 is 19.1 Å². The lowest BCUT2D eigenvalue weighted by atomic mass is 10.2. The van der Waals surface area contributed by atoms with Gasteiger partial charge in [-0.25, -0.2) is 14.6 Å². The van der Waals surface area contributed by atoms with Crippen LogP contribution >= 0.6 is 11.3 Å². The largest absolute Gasteiger partial charge is 0.461 e. The number of ether oxygens (including phenoxy) is 2. The van der Waals surface area contributed by atoms with E-state index in [0.29, 0.717) is 33.5 Å². The molecule has 7 nitrogen and oxygen atoms in total. The fraction of sp³-hybridized carbons (Fsp3) is 0.579. The minimum atomic E-state index is -0.807. The number of hydrogen-bond donors (Lipinski definition) is 0. The molecular formula is C19H26N2O5S. The molecule has 0 bridgehead atoms. The second-order valence-electron chi connectivity index (χ2n) is 6.65. The molecule has 148 valence electrons. The van der Waals surface area contributed by atoms with Crippen LogP contribution in [0.3, 0.4) is 0 Å². The van der Waals surface area contributed by atoms with Gasteiger partial charge in [-0.15, -0.1) is 11.3 Å². The Labute approximate surface area is 162 Å². The predicted octanol–water partition coefficient (Wildman–Crippen LogP) is 3.62. The third kappa shape index (κ3) is 4.37. The van der Waals surface area contributed by atoms with E-state index >= 15 is 0 Å². The molecule has 0 aliphatic rings. The van der Waals surface area contributed by atoms with Gasteiger partial charge in [0, 0.05) is 0 Å². The fourth-order valence-corrected chi connectivity index (χ4v) is 3.44. The first-order valence-electron chi connectivity index (χ1n) is 9.12. The molecule has 3 unspecified atom stereocenters. The summed E-state index contributed by atoms with van der Waals surface area (Å²) in [5, 5.41) is 0.335. The summed E-state index contributed by atoms with van der Waals surface area (Å²) in [4.78, 5) is 42.7. The van der Waals surface area contributed by atoms with Crippen molar-refractivity contribution in [2.75, 3.05) is 0 Å². The Morgan fingerprint density at radius 3 is 2.33 bits per heavy atom. The lowest BCUT2D eigenvalue weighted by Gasteiger charge is -2.17. The Bertz CT molecular complexity index is 901. The molecule has 27 heavy (non-hydrogen) atoms. The van der Waals surface area contributed by atoms with Crippen LogP contribution in [0.4, 0.5) is 0 Å². The maximum Gasteiger partial charge on any atom is 0.348 e. The van der Waals surface area contributed by atoms with Gasteiger partial charge in [-0.05, 0) is 46.1 Å². The maximum absolute atomic E-state index is 12.9. The smallest absolute Gasteiger partial charge is 0.348 e. The van der Waals surface area contributed by atoms with Gasteiger partial charge in [-0.2, -0.15) is 0 Å². The van der Waals surface area contributed by atoms with Crippen molar-refractivity contribution in [3.63, 3.8) is 0 Å². The van der Waals surface area contributed by atoms with Crippen LogP contribution in [0, 0.1) is 6.92 Å². The molecule has 2 rings (SSSR count). The van der Waals surface area contributed by atoms with Gasteiger partial charge in [0.15, 0.2) is 0 Å². The normalized spacial score (nSPS) is 14.6. The fourth-order valence-electron chi connectivity index (χ4n) is 2.42. The van der Waals surface area contributed by atoms with Crippen molar-refractivity contribution in [3.05, 3.63) is 27.1 Å². The van der Waals surface area contributed by atoms with E-state index in [1.165, 1.54) is 10.9 Å². The zero-order valence-electron chi connectivity index (χ0n) is 16.6. The Morgan fingerprint density at radius 2 is 1.74 bits per heavy atom. The van der Waals surface area contributed by atoms with Gasteiger partial charge in [-0.1, -0.05) is 13.8 Å². The highest BCUT2D eigenvalue weighted by atomic mass is 32.1. The second-order valence-corrected chi connectivity index (χ2v) is 7.65. The first-order chi connectivity index (χ1) is 12.7. The third-order valence-electron chi connectivity index (χ3n) is 4.60. The van der Waals surface area contributed by atoms with Gasteiger partial charge in [0.2, 0.25) is 0 Å². The number of fused-ring (bicyclic) bond motifs is 1. The molecule has 2 heterocycles. The summed E-state index contributed by atoms with van der Waals surface area (Å²) in [7, 11) is 0. The van der Waals surface area contributed by atoms with E-state index < -0.39 is 18.0 Å². The van der Waals surface area contributed by atoms with Crippen LogP contribution in [0.1, 0.15) is 68.7 Å². The first kappa shape index (κ1) is 21.1. The molecule has 0 N–H and O–H groups in total. The van der Waals surface area contributed by atoms with Crippen molar-refractivity contribution in [2.24, 2.45) is 0 Å². The molecule has 0 aromatic carbocycles. The van der Waals surface area contributed by atoms with Crippen LogP contribution in [0.25, 0.3) is 10.2 Å². The number of nitrogens with zero attached hydrogens (tertiary/aromatic N) is 2. The van der Waals surface area contributed by atoms with Crippen molar-refractivity contribution in [2.45, 2.75) is 72.6 Å². The lowest BCUT2D eigenvalue weighted by molar-refractivity contribution is -0.152. The highest BCUT2D eigenvalue weighted by molar-refractivity contribution is 7.20. The molecule has 0 amide bonds. The number of hydrogen-bond acceptors (Lipinski definition) is 7. The quantitative estimate of drug-likeness (QED) is 0.667. The molecular weight excluding hydrogens is 368 g/mol. The zero-order valence-corrected chi connectivity index (χ0v) is 17.4. The van der Waals surface area contributed by atoms with Crippen molar-refractivity contribution in [1.29, 1.82) is 0 Å². The van der Waals surface area contributed by atoms with E-state index in [-0.39, 0.29) is 17.8 Å². The minimum Gasteiger partial charge on any atom is -0.461 e. The number of esters is 2. The standard InChI is InChI=1S/C19H26N2O5S/c1-7-10(3)25-18(23)13(6)21-9-20-16-14(17(21)22)12(5)15(27-16)19(24)26-11(4)8-2/h9-11,13H,7-8H2,1-6H3. The molecule has 8 heteroatoms. The van der Waals surface area contributed by atoms with E-state index in [1.54, 1.807) is 20.8 Å². The van der Waals surface area contributed by atoms with Gasteiger partial charge in [0.1, 0.15) is 15.7 Å². The number of aromatic nitrogens is 2. The molecule has 0 aliphatic carbocycles. The summed E-state index contributed by atoms with van der Waals surface area (Å²) in [6.07, 6.45) is 2.29. The molecule has 0 spiro atoms. The average Bonchev–Trinajstić information content (AvgIpc) is 2.98. The SMILES string of the molecule is CCC(C)OC(=O)c1sc2ncn(C(C)C(=O)OC(C)CC)c(=O)c2c1C. The summed E-state index contributed by atoms with van der Waals surface area (Å²) < 4.78 is 11.9. The van der Waals surface area contributed by atoms with Crippen LogP contribution in [-0.4, -0.2) is 33.7 Å². The van der Waals surface area contributed by atoms with E-state index in [2.05, 4.69) is 4.98 Å². The molecule has 0 radical (unpaired) electrons. The highest BCUT2D eigenvalue weighted by Crippen LogP contribution is 2.28. The van der Waals surface area contributed by atoms with Gasteiger partial charge in [0.25, 0.3) is 5.56 Å². The number of thiophene rings is 1. The van der Waals surface area contributed by atoms with E-state index in [0.717, 1.165) is 11.3 Å². The van der Waals surface area contributed by atoms with Gasteiger partial charge in [-0.3, -0.25) is 9.36 Å². The van der Waals surface area contributed by atoms with Crippen LogP contribution in [0.5, 0.6) is 0 Å². The van der Waals surface area contributed by atoms with E-state index in [4.69, 9.17) is 9.47 Å². The lowest BCUT2D eigenvalue weighted by Crippen LogP contribution is -2.31. The van der Waals surface area contributed by atoms with Crippen molar-refractivity contribution >= 4 is 33.5 Å². The Morgan fingerprint density at radius 1 is 1.15 bits per heavy atom. The van der Waals surface area contributed by atoms with Crippen molar-refractivity contribution in [3.8, 4) is 0 Å².